The first kappa shape index (κ1) is 12.9. The van der Waals surface area contributed by atoms with Gasteiger partial charge in [0.1, 0.15) is 0 Å². The van der Waals surface area contributed by atoms with Crippen molar-refractivity contribution in [3.8, 4) is 0 Å². The molecule has 1 N–H and O–H groups in total. The van der Waals surface area contributed by atoms with Crippen LogP contribution in [0.15, 0.2) is 0 Å². The van der Waals surface area contributed by atoms with Crippen molar-refractivity contribution in [3.05, 3.63) is 0 Å². The summed E-state index contributed by atoms with van der Waals surface area (Å²) < 4.78 is 5.23. The van der Waals surface area contributed by atoms with Gasteiger partial charge in [-0.1, -0.05) is 12.8 Å². The highest BCUT2D eigenvalue weighted by atomic mass is 16.5. The van der Waals surface area contributed by atoms with Crippen LogP contribution in [-0.4, -0.2) is 49.8 Å². The molecule has 18 heavy (non-hydrogen) atoms. The van der Waals surface area contributed by atoms with Crippen LogP contribution >= 0.6 is 0 Å². The summed E-state index contributed by atoms with van der Waals surface area (Å²) in [5.41, 5.74) is 0.499. The highest BCUT2D eigenvalue weighted by Gasteiger charge is 2.45. The molecule has 104 valence electrons. The first-order chi connectivity index (χ1) is 8.84. The second-order valence-electron chi connectivity index (χ2n) is 6.55. The van der Waals surface area contributed by atoms with E-state index < -0.39 is 0 Å². The Labute approximate surface area is 111 Å². The van der Waals surface area contributed by atoms with E-state index >= 15 is 0 Å². The maximum absolute atomic E-state index is 5.23. The summed E-state index contributed by atoms with van der Waals surface area (Å²) >= 11 is 0. The van der Waals surface area contributed by atoms with Crippen LogP contribution in [0.3, 0.4) is 0 Å². The van der Waals surface area contributed by atoms with Crippen LogP contribution in [0.25, 0.3) is 0 Å². The number of hydrogen-bond acceptors (Lipinski definition) is 3. The number of ether oxygens (including phenoxy) is 1. The van der Waals surface area contributed by atoms with Crippen molar-refractivity contribution in [2.24, 2.45) is 5.92 Å². The Morgan fingerprint density at radius 2 is 2.06 bits per heavy atom. The third-order valence-corrected chi connectivity index (χ3v) is 5.28. The number of methoxy groups -OCH3 is 1. The fraction of sp³-hybridized carbons (Fsp3) is 1.00. The molecule has 3 fully saturated rings. The van der Waals surface area contributed by atoms with Gasteiger partial charge in [0, 0.05) is 44.9 Å². The van der Waals surface area contributed by atoms with Gasteiger partial charge in [0.2, 0.25) is 0 Å². The predicted molar refractivity (Wildman–Crippen MR) is 73.8 cm³/mol. The van der Waals surface area contributed by atoms with Gasteiger partial charge < -0.3 is 10.1 Å². The van der Waals surface area contributed by atoms with Crippen molar-refractivity contribution in [2.75, 3.05) is 33.4 Å². The summed E-state index contributed by atoms with van der Waals surface area (Å²) in [6, 6.07) is 0.777. The van der Waals surface area contributed by atoms with Gasteiger partial charge in [0.15, 0.2) is 0 Å². The zero-order valence-electron chi connectivity index (χ0n) is 11.8. The largest absolute Gasteiger partial charge is 0.385 e. The Morgan fingerprint density at radius 3 is 2.72 bits per heavy atom. The first-order valence-electron chi connectivity index (χ1n) is 7.81. The standard InChI is InChI=1S/C15H28N2O/c1-18-10-4-9-17-11-14(13-5-6-13)16-12-15(17)7-2-3-8-15/h13-14,16H,2-12H2,1H3. The molecule has 1 spiro atoms. The molecule has 0 aromatic carbocycles. The Hall–Kier alpha value is -0.120. The van der Waals surface area contributed by atoms with Gasteiger partial charge in [0.05, 0.1) is 0 Å². The second-order valence-corrected chi connectivity index (χ2v) is 6.55. The minimum absolute atomic E-state index is 0.499. The molecule has 1 saturated heterocycles. The van der Waals surface area contributed by atoms with Crippen LogP contribution in [-0.2, 0) is 4.74 Å². The minimum Gasteiger partial charge on any atom is -0.385 e. The van der Waals surface area contributed by atoms with Crippen molar-refractivity contribution >= 4 is 0 Å². The van der Waals surface area contributed by atoms with Crippen molar-refractivity contribution in [2.45, 2.75) is 56.5 Å². The zero-order valence-corrected chi connectivity index (χ0v) is 11.8. The smallest absolute Gasteiger partial charge is 0.0474 e. The van der Waals surface area contributed by atoms with Gasteiger partial charge in [-0.05, 0) is 38.0 Å². The Kier molecular flexibility index (Phi) is 3.92. The van der Waals surface area contributed by atoms with Crippen LogP contribution in [0.2, 0.25) is 0 Å². The number of hydrogen-bond donors (Lipinski definition) is 1. The van der Waals surface area contributed by atoms with E-state index in [1.165, 1.54) is 64.6 Å². The summed E-state index contributed by atoms with van der Waals surface area (Å²) in [6.07, 6.45) is 9.77. The molecule has 1 atom stereocenters. The number of nitrogens with one attached hydrogen (secondary N) is 1. The van der Waals surface area contributed by atoms with E-state index in [1.807, 2.05) is 7.11 Å². The van der Waals surface area contributed by atoms with Crippen molar-refractivity contribution in [1.82, 2.24) is 10.2 Å². The maximum atomic E-state index is 5.23. The van der Waals surface area contributed by atoms with E-state index in [4.69, 9.17) is 4.74 Å². The lowest BCUT2D eigenvalue weighted by Crippen LogP contribution is -2.64. The van der Waals surface area contributed by atoms with Gasteiger partial charge in [-0.25, -0.2) is 0 Å². The van der Waals surface area contributed by atoms with Gasteiger partial charge in [0.25, 0.3) is 0 Å². The number of nitrogens with zero attached hydrogens (tertiary/aromatic N) is 1. The highest BCUT2D eigenvalue weighted by Crippen LogP contribution is 2.41. The van der Waals surface area contributed by atoms with E-state index in [9.17, 15) is 0 Å². The molecule has 2 aliphatic carbocycles. The lowest BCUT2D eigenvalue weighted by Gasteiger charge is -2.48. The van der Waals surface area contributed by atoms with Crippen LogP contribution in [0.5, 0.6) is 0 Å². The quantitative estimate of drug-likeness (QED) is 0.758. The molecule has 3 aliphatic rings. The van der Waals surface area contributed by atoms with Crippen molar-refractivity contribution in [1.29, 1.82) is 0 Å². The van der Waals surface area contributed by atoms with Crippen molar-refractivity contribution < 1.29 is 4.74 Å². The summed E-state index contributed by atoms with van der Waals surface area (Å²) in [6.45, 7) is 4.67. The van der Waals surface area contributed by atoms with E-state index in [2.05, 4.69) is 10.2 Å². The lowest BCUT2D eigenvalue weighted by atomic mass is 9.89. The molecule has 1 heterocycles. The SMILES string of the molecule is COCCCN1CC(C2CC2)NCC12CCCC2. The fourth-order valence-electron chi connectivity index (χ4n) is 4.00. The summed E-state index contributed by atoms with van der Waals surface area (Å²) in [7, 11) is 1.82. The molecule has 0 amide bonds. The van der Waals surface area contributed by atoms with Gasteiger partial charge in [-0.15, -0.1) is 0 Å². The molecule has 0 radical (unpaired) electrons. The van der Waals surface area contributed by atoms with Crippen LogP contribution in [0.1, 0.15) is 44.9 Å². The average molecular weight is 252 g/mol. The summed E-state index contributed by atoms with van der Waals surface area (Å²) in [5.74, 6) is 0.980. The molecular weight excluding hydrogens is 224 g/mol. The first-order valence-corrected chi connectivity index (χ1v) is 7.81. The topological polar surface area (TPSA) is 24.5 Å². The molecule has 3 rings (SSSR count). The monoisotopic (exact) mass is 252 g/mol. The molecule has 0 aromatic rings. The maximum Gasteiger partial charge on any atom is 0.0474 e. The predicted octanol–water partition coefficient (Wildman–Crippen LogP) is 2.02. The van der Waals surface area contributed by atoms with Gasteiger partial charge >= 0.3 is 0 Å². The second kappa shape index (κ2) is 5.48. The molecule has 0 aromatic heterocycles. The third kappa shape index (κ3) is 2.59. The van der Waals surface area contributed by atoms with E-state index in [0.29, 0.717) is 5.54 Å². The molecular formula is C15H28N2O. The van der Waals surface area contributed by atoms with E-state index in [1.54, 1.807) is 0 Å². The molecule has 1 aliphatic heterocycles. The normalized spacial score (nSPS) is 32.2. The molecule has 3 heteroatoms. The Morgan fingerprint density at radius 1 is 1.28 bits per heavy atom. The van der Waals surface area contributed by atoms with Crippen LogP contribution < -0.4 is 5.32 Å². The van der Waals surface area contributed by atoms with E-state index in [-0.39, 0.29) is 0 Å². The molecule has 0 bridgehead atoms. The van der Waals surface area contributed by atoms with Crippen molar-refractivity contribution in [3.63, 3.8) is 0 Å². The Bertz CT molecular complexity index is 272. The highest BCUT2D eigenvalue weighted by molar-refractivity contribution is 5.04. The zero-order chi connectivity index (χ0) is 12.4. The average Bonchev–Trinajstić information content (AvgIpc) is 3.13. The van der Waals surface area contributed by atoms with E-state index in [0.717, 1.165) is 18.6 Å². The summed E-state index contributed by atoms with van der Waals surface area (Å²) in [4.78, 5) is 2.82. The molecule has 2 saturated carbocycles. The fourth-order valence-corrected chi connectivity index (χ4v) is 4.00. The van der Waals surface area contributed by atoms with Gasteiger partial charge in [-0.3, -0.25) is 4.90 Å². The number of rotatable bonds is 5. The van der Waals surface area contributed by atoms with Crippen LogP contribution in [0.4, 0.5) is 0 Å². The lowest BCUT2D eigenvalue weighted by molar-refractivity contribution is 0.0311. The summed E-state index contributed by atoms with van der Waals surface area (Å²) in [5, 5.41) is 3.86. The molecule has 1 unspecified atom stereocenters. The van der Waals surface area contributed by atoms with Crippen LogP contribution in [0, 0.1) is 5.92 Å². The molecule has 3 nitrogen and oxygen atoms in total. The number of piperazine rings is 1. The van der Waals surface area contributed by atoms with Gasteiger partial charge in [-0.2, -0.15) is 0 Å². The minimum atomic E-state index is 0.499. The third-order valence-electron chi connectivity index (χ3n) is 5.28. The Balaban J connectivity index is 1.61.